The summed E-state index contributed by atoms with van der Waals surface area (Å²) in [4.78, 5) is 18.5. The highest BCUT2D eigenvalue weighted by molar-refractivity contribution is 5.92. The predicted molar refractivity (Wildman–Crippen MR) is 76.3 cm³/mol. The van der Waals surface area contributed by atoms with Crippen LogP contribution in [-0.4, -0.2) is 43.9 Å². The molecule has 1 atom stereocenters. The van der Waals surface area contributed by atoms with Crippen LogP contribution in [0.3, 0.4) is 0 Å². The molecule has 3 heterocycles. The second-order valence-electron chi connectivity index (χ2n) is 5.09. The first kappa shape index (κ1) is 13.7. The van der Waals surface area contributed by atoms with Gasteiger partial charge in [-0.2, -0.15) is 0 Å². The lowest BCUT2D eigenvalue weighted by Crippen LogP contribution is -2.30. The molecule has 1 saturated heterocycles. The maximum atomic E-state index is 12.6. The fraction of sp³-hybridized carbons (Fsp3) is 0.429. The number of likely N-dealkylation sites (tertiary alicyclic amines) is 1. The average molecular weight is 286 g/mol. The molecule has 110 valence electrons. The Morgan fingerprint density at radius 2 is 2.19 bits per heavy atom. The maximum absolute atomic E-state index is 12.6. The molecule has 1 aliphatic heterocycles. The lowest BCUT2D eigenvalue weighted by atomic mass is 10.1. The first-order valence-corrected chi connectivity index (χ1v) is 7.10. The van der Waals surface area contributed by atoms with Crippen molar-refractivity contribution in [1.82, 2.24) is 24.9 Å². The highest BCUT2D eigenvalue weighted by atomic mass is 16.2. The third-order valence-corrected chi connectivity index (χ3v) is 3.72. The number of carbonyl (C=O) groups is 1. The van der Waals surface area contributed by atoms with Crippen molar-refractivity contribution in [1.29, 1.82) is 0 Å². The first-order valence-electron chi connectivity index (χ1n) is 7.10. The molecule has 0 bridgehead atoms. The number of rotatable bonds is 4. The highest BCUT2D eigenvalue weighted by Gasteiger charge is 2.31. The van der Waals surface area contributed by atoms with E-state index in [1.165, 1.54) is 0 Å². The number of aromatic nitrogens is 4. The van der Waals surface area contributed by atoms with Crippen LogP contribution >= 0.6 is 0 Å². The summed E-state index contributed by atoms with van der Waals surface area (Å²) in [5, 5.41) is 7.89. The van der Waals surface area contributed by atoms with Gasteiger partial charge in [0.2, 0.25) is 0 Å². The van der Waals surface area contributed by atoms with E-state index in [9.17, 15) is 4.79 Å². The van der Waals surface area contributed by atoms with Crippen LogP contribution in [0.1, 0.15) is 34.9 Å². The summed E-state index contributed by atoms with van der Waals surface area (Å²) in [6.07, 6.45) is 7.14. The summed E-state index contributed by atoms with van der Waals surface area (Å²) < 4.78 is 1.60. The Kier molecular flexibility index (Phi) is 3.92. The Hall–Kier alpha value is -2.28. The minimum absolute atomic E-state index is 0.0717. The van der Waals surface area contributed by atoms with Gasteiger partial charge in [0.15, 0.2) is 5.69 Å². The number of nitrogens with zero attached hydrogens (tertiary/aromatic N) is 5. The normalized spacial score (nSPS) is 18.1. The van der Waals surface area contributed by atoms with Gasteiger partial charge in [-0.25, -0.2) is 0 Å². The molecule has 0 spiro atoms. The van der Waals surface area contributed by atoms with Crippen molar-refractivity contribution in [2.24, 2.45) is 5.73 Å². The second kappa shape index (κ2) is 6.01. The zero-order valence-corrected chi connectivity index (χ0v) is 11.7. The predicted octanol–water partition coefficient (Wildman–Crippen LogP) is 0.609. The molecule has 0 saturated carbocycles. The summed E-state index contributed by atoms with van der Waals surface area (Å²) in [6.45, 7) is 1.78. The zero-order valence-electron chi connectivity index (χ0n) is 11.7. The topological polar surface area (TPSA) is 89.9 Å². The van der Waals surface area contributed by atoms with Crippen LogP contribution in [0.15, 0.2) is 30.7 Å². The fourth-order valence-electron chi connectivity index (χ4n) is 2.73. The standard InChI is InChI=1S/C14H18N6O/c15-5-9-19-10-12(17-18-19)14(21)20-8-1-2-13(20)11-3-6-16-7-4-11/h3-4,6-7,10,13H,1-2,5,8-9,15H2. The van der Waals surface area contributed by atoms with Gasteiger partial charge in [0.25, 0.3) is 5.91 Å². The van der Waals surface area contributed by atoms with Crippen molar-refractivity contribution in [3.8, 4) is 0 Å². The summed E-state index contributed by atoms with van der Waals surface area (Å²) in [7, 11) is 0. The number of pyridine rings is 1. The van der Waals surface area contributed by atoms with Gasteiger partial charge in [-0.3, -0.25) is 14.5 Å². The second-order valence-corrected chi connectivity index (χ2v) is 5.09. The molecule has 7 heteroatoms. The van der Waals surface area contributed by atoms with Gasteiger partial charge < -0.3 is 10.6 Å². The van der Waals surface area contributed by atoms with Crippen LogP contribution in [-0.2, 0) is 6.54 Å². The first-order chi connectivity index (χ1) is 10.3. The Morgan fingerprint density at radius 1 is 1.38 bits per heavy atom. The summed E-state index contributed by atoms with van der Waals surface area (Å²) in [6, 6.07) is 4.02. The Balaban J connectivity index is 1.79. The molecule has 21 heavy (non-hydrogen) atoms. The van der Waals surface area contributed by atoms with Gasteiger partial charge in [-0.05, 0) is 30.5 Å². The minimum Gasteiger partial charge on any atom is -0.330 e. The van der Waals surface area contributed by atoms with Crippen molar-refractivity contribution >= 4 is 5.91 Å². The van der Waals surface area contributed by atoms with Crippen molar-refractivity contribution in [2.75, 3.05) is 13.1 Å². The largest absolute Gasteiger partial charge is 0.330 e. The van der Waals surface area contributed by atoms with Crippen LogP contribution in [0, 0.1) is 0 Å². The van der Waals surface area contributed by atoms with E-state index in [-0.39, 0.29) is 11.9 Å². The van der Waals surface area contributed by atoms with Crippen LogP contribution in [0.5, 0.6) is 0 Å². The number of carbonyl (C=O) groups excluding carboxylic acids is 1. The SMILES string of the molecule is NCCn1cc(C(=O)N2CCCC2c2ccncc2)nn1. The van der Waals surface area contributed by atoms with Crippen molar-refractivity contribution in [3.63, 3.8) is 0 Å². The summed E-state index contributed by atoms with van der Waals surface area (Å²) >= 11 is 0. The monoisotopic (exact) mass is 286 g/mol. The minimum atomic E-state index is -0.0717. The molecule has 0 radical (unpaired) electrons. The highest BCUT2D eigenvalue weighted by Crippen LogP contribution is 2.32. The van der Waals surface area contributed by atoms with Gasteiger partial charge in [0.1, 0.15) is 0 Å². The molecule has 1 unspecified atom stereocenters. The summed E-state index contributed by atoms with van der Waals surface area (Å²) in [5.41, 5.74) is 6.97. The Labute approximate surface area is 122 Å². The van der Waals surface area contributed by atoms with Gasteiger partial charge in [0.05, 0.1) is 18.8 Å². The lowest BCUT2D eigenvalue weighted by molar-refractivity contribution is 0.0729. The molecule has 0 aromatic carbocycles. The average Bonchev–Trinajstić information content (AvgIpc) is 3.17. The quantitative estimate of drug-likeness (QED) is 0.889. The molecule has 1 amide bonds. The molecule has 0 aliphatic carbocycles. The molecular weight excluding hydrogens is 268 g/mol. The van der Waals surface area contributed by atoms with E-state index in [1.54, 1.807) is 23.3 Å². The van der Waals surface area contributed by atoms with Crippen molar-refractivity contribution in [3.05, 3.63) is 42.0 Å². The van der Waals surface area contributed by atoms with Gasteiger partial charge in [-0.15, -0.1) is 5.10 Å². The van der Waals surface area contributed by atoms with E-state index >= 15 is 0 Å². The third-order valence-electron chi connectivity index (χ3n) is 3.72. The number of hydrogen-bond acceptors (Lipinski definition) is 5. The number of hydrogen-bond donors (Lipinski definition) is 1. The van der Waals surface area contributed by atoms with E-state index in [0.29, 0.717) is 18.8 Å². The third kappa shape index (κ3) is 2.78. The van der Waals surface area contributed by atoms with Gasteiger partial charge in [0, 0.05) is 25.5 Å². The summed E-state index contributed by atoms with van der Waals surface area (Å²) in [5.74, 6) is -0.0717. The smallest absolute Gasteiger partial charge is 0.276 e. The van der Waals surface area contributed by atoms with Crippen molar-refractivity contribution < 1.29 is 4.79 Å². The van der Waals surface area contributed by atoms with E-state index in [0.717, 1.165) is 24.9 Å². The Bertz CT molecular complexity index is 611. The van der Waals surface area contributed by atoms with E-state index in [4.69, 9.17) is 5.73 Å². The van der Waals surface area contributed by atoms with E-state index in [2.05, 4.69) is 15.3 Å². The van der Waals surface area contributed by atoms with Crippen LogP contribution in [0.4, 0.5) is 0 Å². The zero-order chi connectivity index (χ0) is 14.7. The fourth-order valence-corrected chi connectivity index (χ4v) is 2.73. The molecule has 3 rings (SSSR count). The van der Waals surface area contributed by atoms with E-state index in [1.807, 2.05) is 17.0 Å². The van der Waals surface area contributed by atoms with Crippen LogP contribution in [0.2, 0.25) is 0 Å². The van der Waals surface area contributed by atoms with E-state index < -0.39 is 0 Å². The molecule has 1 aliphatic rings. The molecule has 2 aromatic rings. The van der Waals surface area contributed by atoms with Gasteiger partial charge >= 0.3 is 0 Å². The van der Waals surface area contributed by atoms with Crippen molar-refractivity contribution in [2.45, 2.75) is 25.4 Å². The molecule has 1 fully saturated rings. The molecule has 2 N–H and O–H groups in total. The molecular formula is C14H18N6O. The molecule has 7 nitrogen and oxygen atoms in total. The van der Waals surface area contributed by atoms with Crippen LogP contribution < -0.4 is 5.73 Å². The Morgan fingerprint density at radius 3 is 2.95 bits per heavy atom. The maximum Gasteiger partial charge on any atom is 0.276 e. The van der Waals surface area contributed by atoms with Gasteiger partial charge in [-0.1, -0.05) is 5.21 Å². The number of nitrogens with two attached hydrogens (primary N) is 1. The van der Waals surface area contributed by atoms with Crippen LogP contribution in [0.25, 0.3) is 0 Å². The molecule has 2 aromatic heterocycles. The lowest BCUT2D eigenvalue weighted by Gasteiger charge is -2.23. The number of amides is 1.